The van der Waals surface area contributed by atoms with Crippen molar-refractivity contribution < 1.29 is 28.3 Å². The molecule has 3 saturated heterocycles. The van der Waals surface area contributed by atoms with Gasteiger partial charge in [0.25, 0.3) is 0 Å². The third-order valence-corrected chi connectivity index (χ3v) is 11.4. The van der Waals surface area contributed by atoms with E-state index < -0.39 is 29.8 Å². The van der Waals surface area contributed by atoms with Crippen LogP contribution in [0, 0.1) is 5.82 Å². The van der Waals surface area contributed by atoms with Gasteiger partial charge in [0, 0.05) is 43.2 Å². The topological polar surface area (TPSA) is 115 Å². The van der Waals surface area contributed by atoms with Gasteiger partial charge in [0.05, 0.1) is 0 Å². The van der Waals surface area contributed by atoms with Crippen molar-refractivity contribution >= 4 is 40.9 Å². The molecular weight excluding hydrogens is 772 g/mol. The number of ether oxygens (including phenoxy) is 1. The van der Waals surface area contributed by atoms with Crippen molar-refractivity contribution in [1.29, 1.82) is 0 Å². The van der Waals surface area contributed by atoms with E-state index in [2.05, 4.69) is 27.0 Å². The summed E-state index contributed by atoms with van der Waals surface area (Å²) < 4.78 is 19.5. The average molecular weight is 833 g/mol. The van der Waals surface area contributed by atoms with E-state index in [1.807, 2.05) is 73.7 Å². The molecule has 6 rings (SSSR count). The zero-order valence-corrected chi connectivity index (χ0v) is 36.1. The molecule has 3 heterocycles. The number of anilines is 3. The van der Waals surface area contributed by atoms with E-state index >= 15 is 0 Å². The molecule has 0 aromatic heterocycles. The molecule has 3 unspecified atom stereocenters. The van der Waals surface area contributed by atoms with Gasteiger partial charge in [-0.3, -0.25) is 24.2 Å². The van der Waals surface area contributed by atoms with E-state index in [1.165, 1.54) is 17.0 Å². The molecule has 3 fully saturated rings. The van der Waals surface area contributed by atoms with E-state index in [4.69, 9.17) is 4.74 Å². The van der Waals surface area contributed by atoms with E-state index in [-0.39, 0.29) is 23.5 Å². The zero-order chi connectivity index (χ0) is 43.5. The second-order valence-corrected chi connectivity index (χ2v) is 17.1. The van der Waals surface area contributed by atoms with Crippen molar-refractivity contribution in [3.8, 4) is 0 Å². The van der Waals surface area contributed by atoms with E-state index in [0.29, 0.717) is 50.4 Å². The second kappa shape index (κ2) is 20.7. The van der Waals surface area contributed by atoms with Crippen molar-refractivity contribution in [2.75, 3.05) is 41.7 Å². The number of halogens is 1. The fourth-order valence-corrected chi connectivity index (χ4v) is 8.46. The van der Waals surface area contributed by atoms with E-state index in [1.54, 1.807) is 43.9 Å². The zero-order valence-electron chi connectivity index (χ0n) is 36.1. The van der Waals surface area contributed by atoms with Gasteiger partial charge < -0.3 is 25.2 Å². The first-order valence-electron chi connectivity index (χ1n) is 21.6. The Morgan fingerprint density at radius 2 is 1.30 bits per heavy atom. The van der Waals surface area contributed by atoms with Gasteiger partial charge in [-0.1, -0.05) is 61.6 Å². The Balaban J connectivity index is 1.10. The summed E-state index contributed by atoms with van der Waals surface area (Å²) >= 11 is 0. The maximum absolute atomic E-state index is 14.3. The summed E-state index contributed by atoms with van der Waals surface area (Å²) in [6.45, 7) is 14.9. The van der Waals surface area contributed by atoms with Gasteiger partial charge in [0.1, 0.15) is 29.5 Å². The molecule has 3 aliphatic rings. The lowest BCUT2D eigenvalue weighted by Crippen LogP contribution is -2.54. The van der Waals surface area contributed by atoms with Crippen molar-refractivity contribution in [3.05, 3.63) is 126 Å². The highest BCUT2D eigenvalue weighted by molar-refractivity contribution is 5.99. The number of hydrogen-bond acceptors (Lipinski definition) is 7. The minimum absolute atomic E-state index is 0.0444. The number of amides is 4. The van der Waals surface area contributed by atoms with Crippen LogP contribution in [-0.2, 0) is 32.2 Å². The number of likely N-dealkylation sites (tertiary alicyclic amines) is 3. The Hall–Kier alpha value is -5.75. The van der Waals surface area contributed by atoms with Crippen molar-refractivity contribution in [2.45, 2.75) is 109 Å². The van der Waals surface area contributed by atoms with Crippen LogP contribution in [0.25, 0.3) is 0 Å². The Labute approximate surface area is 360 Å². The summed E-state index contributed by atoms with van der Waals surface area (Å²) in [7, 11) is 0. The third-order valence-electron chi connectivity index (χ3n) is 11.4. The SMILES string of the molecule is C=CC=C(C=CC)C(C(=O)N1CCCC1C(=O)Nc1ccc(CN(Cc2ccc(NC(=O)C3CCCN3C(=O)OC(C)(C)C)cc2)c2ccc(F)cc2)cc1)N1CCCCC1. The van der Waals surface area contributed by atoms with Crippen LogP contribution in [0.3, 0.4) is 0 Å². The van der Waals surface area contributed by atoms with Gasteiger partial charge in [-0.2, -0.15) is 0 Å². The molecule has 3 atom stereocenters. The molecule has 0 radical (unpaired) electrons. The molecule has 324 valence electrons. The van der Waals surface area contributed by atoms with Gasteiger partial charge in [0.15, 0.2) is 0 Å². The number of piperidine rings is 1. The predicted octanol–water partition coefficient (Wildman–Crippen LogP) is 8.84. The highest BCUT2D eigenvalue weighted by Gasteiger charge is 2.40. The van der Waals surface area contributed by atoms with E-state index in [0.717, 1.165) is 67.6 Å². The number of benzene rings is 3. The van der Waals surface area contributed by atoms with Crippen molar-refractivity contribution in [2.24, 2.45) is 0 Å². The Bertz CT molecular complexity index is 2050. The van der Waals surface area contributed by atoms with Crippen LogP contribution in [0.1, 0.15) is 83.8 Å². The fraction of sp³-hybridized carbons (Fsp3) is 0.429. The van der Waals surface area contributed by atoms with Gasteiger partial charge >= 0.3 is 6.09 Å². The summed E-state index contributed by atoms with van der Waals surface area (Å²) in [4.78, 5) is 61.8. The molecule has 0 saturated carbocycles. The summed E-state index contributed by atoms with van der Waals surface area (Å²) in [5.74, 6) is -0.827. The number of hydrogen-bond donors (Lipinski definition) is 2. The number of allylic oxidation sites excluding steroid dienone is 3. The molecule has 3 aliphatic heterocycles. The average Bonchev–Trinajstić information content (AvgIpc) is 3.94. The van der Waals surface area contributed by atoms with Gasteiger partial charge in [-0.05, 0) is 145 Å². The maximum Gasteiger partial charge on any atom is 0.410 e. The minimum atomic E-state index is -0.654. The molecular formula is C49H61FN6O5. The number of carbonyl (C=O) groups excluding carboxylic acids is 4. The maximum atomic E-state index is 14.3. The van der Waals surface area contributed by atoms with E-state index in [9.17, 15) is 23.6 Å². The molecule has 3 aromatic rings. The van der Waals surface area contributed by atoms with Crippen molar-refractivity contribution in [1.82, 2.24) is 14.7 Å². The molecule has 61 heavy (non-hydrogen) atoms. The first-order valence-corrected chi connectivity index (χ1v) is 21.6. The standard InChI is InChI=1S/C49H61FN6O5/c1-6-13-37(14-7-2)44(53-29-9-8-10-30-53)47(59)55-31-11-15-42(55)45(57)51-39-23-17-35(18-24-39)33-54(41-27-21-38(50)22-28-41)34-36-19-25-40(26-20-36)52-46(58)43-16-12-32-56(43)48(60)61-49(3,4)5/h6-7,13-14,17-28,42-44H,1,8-12,15-16,29-34H2,2-5H3,(H,51,57)(H,52,58). The van der Waals surface area contributed by atoms with Gasteiger partial charge in [0.2, 0.25) is 17.7 Å². The molecule has 2 N–H and O–H groups in total. The monoisotopic (exact) mass is 832 g/mol. The molecule has 0 aliphatic carbocycles. The molecule has 3 aromatic carbocycles. The second-order valence-electron chi connectivity index (χ2n) is 17.1. The predicted molar refractivity (Wildman–Crippen MR) is 239 cm³/mol. The van der Waals surface area contributed by atoms with Crippen LogP contribution in [0.2, 0.25) is 0 Å². The summed E-state index contributed by atoms with van der Waals surface area (Å²) in [5.41, 5.74) is 4.26. The molecule has 4 amide bonds. The lowest BCUT2D eigenvalue weighted by atomic mass is 9.98. The first-order chi connectivity index (χ1) is 29.3. The Morgan fingerprint density at radius 3 is 1.80 bits per heavy atom. The van der Waals surface area contributed by atoms with Crippen LogP contribution in [0.15, 0.2) is 109 Å². The van der Waals surface area contributed by atoms with Crippen LogP contribution in [-0.4, -0.2) is 88.4 Å². The number of nitrogens with zero attached hydrogens (tertiary/aromatic N) is 4. The number of rotatable bonds is 14. The summed E-state index contributed by atoms with van der Waals surface area (Å²) in [6.07, 6.45) is 12.9. The molecule has 12 heteroatoms. The molecule has 0 spiro atoms. The highest BCUT2D eigenvalue weighted by Crippen LogP contribution is 2.28. The number of carbonyl (C=O) groups is 4. The first kappa shape index (κ1) is 44.8. The number of nitrogens with one attached hydrogen (secondary N) is 2. The quantitative estimate of drug-likeness (QED) is 0.156. The van der Waals surface area contributed by atoms with Gasteiger partial charge in [-0.25, -0.2) is 9.18 Å². The van der Waals surface area contributed by atoms with Crippen LogP contribution in [0.5, 0.6) is 0 Å². The van der Waals surface area contributed by atoms with Crippen molar-refractivity contribution in [3.63, 3.8) is 0 Å². The lowest BCUT2D eigenvalue weighted by molar-refractivity contribution is -0.140. The lowest BCUT2D eigenvalue weighted by Gasteiger charge is -2.37. The van der Waals surface area contributed by atoms with Crippen LogP contribution in [0.4, 0.5) is 26.2 Å². The third kappa shape index (κ3) is 12.0. The van der Waals surface area contributed by atoms with Crippen LogP contribution >= 0.6 is 0 Å². The van der Waals surface area contributed by atoms with Gasteiger partial charge in [-0.15, -0.1) is 0 Å². The molecule has 11 nitrogen and oxygen atoms in total. The molecule has 0 bridgehead atoms. The minimum Gasteiger partial charge on any atom is -0.444 e. The smallest absolute Gasteiger partial charge is 0.410 e. The largest absolute Gasteiger partial charge is 0.444 e. The van der Waals surface area contributed by atoms with Crippen LogP contribution < -0.4 is 15.5 Å². The Morgan fingerprint density at radius 1 is 0.770 bits per heavy atom. The summed E-state index contributed by atoms with van der Waals surface area (Å²) in [5, 5.41) is 6.04. The summed E-state index contributed by atoms with van der Waals surface area (Å²) in [6, 6.07) is 19.9. The normalized spacial score (nSPS) is 19.1. The Kier molecular flexibility index (Phi) is 15.2. The highest BCUT2D eigenvalue weighted by atomic mass is 19.1. The fourth-order valence-electron chi connectivity index (χ4n) is 8.46.